The van der Waals surface area contributed by atoms with Crippen LogP contribution in [0.25, 0.3) is 0 Å². The summed E-state index contributed by atoms with van der Waals surface area (Å²) in [7, 11) is 1.67. The van der Waals surface area contributed by atoms with Gasteiger partial charge >= 0.3 is 0 Å². The summed E-state index contributed by atoms with van der Waals surface area (Å²) in [6.07, 6.45) is 5.65. The van der Waals surface area contributed by atoms with E-state index in [1.165, 1.54) is 4.90 Å². The lowest BCUT2D eigenvalue weighted by Crippen LogP contribution is -2.55. The highest BCUT2D eigenvalue weighted by Crippen LogP contribution is 2.20. The predicted molar refractivity (Wildman–Crippen MR) is 155 cm³/mol. The zero-order chi connectivity index (χ0) is 29.1. The second kappa shape index (κ2) is 15.0. The zero-order valence-corrected chi connectivity index (χ0v) is 23.9. The Hall–Kier alpha value is -3.98. The van der Waals surface area contributed by atoms with Gasteiger partial charge in [-0.1, -0.05) is 79.9 Å². The number of hydrogen-bond donors (Lipinski definition) is 3. The van der Waals surface area contributed by atoms with Crippen molar-refractivity contribution in [3.8, 4) is 0 Å². The van der Waals surface area contributed by atoms with E-state index in [1.54, 1.807) is 31.3 Å². The Labute approximate surface area is 237 Å². The fourth-order valence-corrected chi connectivity index (χ4v) is 4.42. The van der Waals surface area contributed by atoms with E-state index >= 15 is 0 Å². The summed E-state index contributed by atoms with van der Waals surface area (Å²) in [5, 5.41) is 8.32. The molecular formula is C31H41N5O4. The van der Waals surface area contributed by atoms with Gasteiger partial charge in [0.2, 0.25) is 23.6 Å². The van der Waals surface area contributed by atoms with Crippen molar-refractivity contribution in [3.05, 3.63) is 83.7 Å². The summed E-state index contributed by atoms with van der Waals surface area (Å²) >= 11 is 0. The molecule has 9 nitrogen and oxygen atoms in total. The Bertz CT molecular complexity index is 1180. The van der Waals surface area contributed by atoms with E-state index < -0.39 is 29.9 Å². The van der Waals surface area contributed by atoms with Crippen molar-refractivity contribution in [1.29, 1.82) is 0 Å². The number of nitrogens with one attached hydrogen (secondary N) is 3. The number of unbranched alkanes of at least 4 members (excludes halogenated alkanes) is 1. The monoisotopic (exact) mass is 547 g/mol. The Balaban J connectivity index is 1.73. The zero-order valence-electron chi connectivity index (χ0n) is 23.9. The predicted octanol–water partition coefficient (Wildman–Crippen LogP) is 2.65. The number of amides is 4. The van der Waals surface area contributed by atoms with Crippen molar-refractivity contribution >= 4 is 23.6 Å². The quantitative estimate of drug-likeness (QED) is 0.357. The molecule has 40 heavy (non-hydrogen) atoms. The van der Waals surface area contributed by atoms with Crippen LogP contribution in [0.1, 0.15) is 49.8 Å². The number of nitrogens with zero attached hydrogens (tertiary/aromatic N) is 2. The second-order valence-electron chi connectivity index (χ2n) is 10.2. The number of aryl methyl sites for hydroxylation is 1. The van der Waals surface area contributed by atoms with E-state index in [4.69, 9.17) is 0 Å². The molecule has 2 aromatic carbocycles. The third-order valence-corrected chi connectivity index (χ3v) is 7.06. The second-order valence-corrected chi connectivity index (χ2v) is 10.2. The molecule has 0 saturated carbocycles. The highest BCUT2D eigenvalue weighted by Gasteiger charge is 2.35. The number of benzene rings is 2. The summed E-state index contributed by atoms with van der Waals surface area (Å²) < 4.78 is 0. The lowest BCUT2D eigenvalue weighted by molar-refractivity contribution is -0.143. The van der Waals surface area contributed by atoms with Crippen LogP contribution in [0.4, 0.5) is 0 Å². The minimum Gasteiger partial charge on any atom is -0.345 e. The number of hydrogen-bond acceptors (Lipinski definition) is 5. The van der Waals surface area contributed by atoms with Crippen molar-refractivity contribution < 1.29 is 19.2 Å². The fraction of sp³-hybridized carbons (Fsp3) is 0.419. The summed E-state index contributed by atoms with van der Waals surface area (Å²) in [4.78, 5) is 55.4. The van der Waals surface area contributed by atoms with E-state index in [-0.39, 0.29) is 18.4 Å². The van der Waals surface area contributed by atoms with Crippen LogP contribution in [0.3, 0.4) is 0 Å². The molecule has 1 aliphatic heterocycles. The van der Waals surface area contributed by atoms with Crippen LogP contribution in [0.5, 0.6) is 0 Å². The molecule has 9 heteroatoms. The third kappa shape index (κ3) is 8.51. The lowest BCUT2D eigenvalue weighted by atomic mass is 10.0. The Morgan fingerprint density at radius 2 is 1.65 bits per heavy atom. The highest BCUT2D eigenvalue weighted by atomic mass is 16.2. The molecule has 2 aromatic rings. The van der Waals surface area contributed by atoms with Crippen molar-refractivity contribution in [2.75, 3.05) is 13.6 Å². The molecule has 3 atom stereocenters. The van der Waals surface area contributed by atoms with E-state index in [2.05, 4.69) is 16.0 Å². The minimum atomic E-state index is -0.755. The van der Waals surface area contributed by atoms with Crippen LogP contribution in [-0.2, 0) is 32.1 Å². The summed E-state index contributed by atoms with van der Waals surface area (Å²) in [6.45, 7) is 5.83. The van der Waals surface area contributed by atoms with Crippen molar-refractivity contribution in [3.63, 3.8) is 0 Å². The van der Waals surface area contributed by atoms with Crippen LogP contribution in [0.15, 0.2) is 67.0 Å². The topological polar surface area (TPSA) is 111 Å². The van der Waals surface area contributed by atoms with Gasteiger partial charge in [0.25, 0.3) is 0 Å². The number of likely N-dealkylation sites (N-methyl/N-ethyl adjacent to an activating group) is 1. The molecule has 0 unspecified atom stereocenters. The molecule has 214 valence electrons. The van der Waals surface area contributed by atoms with Crippen LogP contribution in [0, 0.1) is 6.92 Å². The largest absolute Gasteiger partial charge is 0.345 e. The van der Waals surface area contributed by atoms with Crippen LogP contribution >= 0.6 is 0 Å². The summed E-state index contributed by atoms with van der Waals surface area (Å²) in [6, 6.07) is 15.6. The van der Waals surface area contributed by atoms with Crippen LogP contribution < -0.4 is 16.0 Å². The molecule has 3 rings (SSSR count). The molecule has 0 aliphatic carbocycles. The summed E-state index contributed by atoms with van der Waals surface area (Å²) in [5.74, 6) is -1.31. The van der Waals surface area contributed by atoms with Gasteiger partial charge in [0.05, 0.1) is 19.1 Å². The first-order valence-electron chi connectivity index (χ1n) is 13.9. The van der Waals surface area contributed by atoms with Gasteiger partial charge in [-0.15, -0.1) is 0 Å². The normalized spacial score (nSPS) is 16.4. The van der Waals surface area contributed by atoms with Crippen molar-refractivity contribution in [1.82, 2.24) is 25.8 Å². The molecule has 0 spiro atoms. The maximum absolute atomic E-state index is 13.6. The molecule has 0 radical (unpaired) electrons. The average molecular weight is 548 g/mol. The minimum absolute atomic E-state index is 0.194. The van der Waals surface area contributed by atoms with Gasteiger partial charge < -0.3 is 25.8 Å². The van der Waals surface area contributed by atoms with Crippen molar-refractivity contribution in [2.24, 2.45) is 0 Å². The van der Waals surface area contributed by atoms with Gasteiger partial charge in [0.15, 0.2) is 0 Å². The first-order chi connectivity index (χ1) is 19.2. The molecule has 1 aliphatic rings. The Morgan fingerprint density at radius 3 is 2.30 bits per heavy atom. The van der Waals surface area contributed by atoms with Gasteiger partial charge in [0.1, 0.15) is 12.1 Å². The molecule has 0 saturated heterocycles. The van der Waals surface area contributed by atoms with Gasteiger partial charge in [-0.2, -0.15) is 0 Å². The van der Waals surface area contributed by atoms with Gasteiger partial charge in [-0.05, 0) is 38.4 Å². The Morgan fingerprint density at radius 1 is 0.950 bits per heavy atom. The smallest absolute Gasteiger partial charge is 0.250 e. The molecule has 4 amide bonds. The molecule has 1 heterocycles. The maximum Gasteiger partial charge on any atom is 0.250 e. The van der Waals surface area contributed by atoms with Crippen LogP contribution in [-0.4, -0.2) is 65.1 Å². The average Bonchev–Trinajstić information content (AvgIpc) is 2.96. The standard InChI is InChI=1S/C31H41N5O4/c1-5-6-12-26(34-29(38)23(3)32-4)30(39)33-20-28(37)36-18-17-35(21-25-15-13-22(2)14-16-25)31(40)27(36)19-24-10-8-7-9-11-24/h7-11,13-18,23,26-27,32H,5-6,12,19-21H2,1-4H3,(H,33,39)(H,34,38)/t23-,26-,27-/m0/s1. The fourth-order valence-electron chi connectivity index (χ4n) is 4.42. The lowest BCUT2D eigenvalue weighted by Gasteiger charge is -2.36. The third-order valence-electron chi connectivity index (χ3n) is 7.06. The summed E-state index contributed by atoms with van der Waals surface area (Å²) in [5.41, 5.74) is 3.05. The maximum atomic E-state index is 13.6. The highest BCUT2D eigenvalue weighted by molar-refractivity contribution is 5.94. The molecule has 0 aromatic heterocycles. The van der Waals surface area contributed by atoms with Gasteiger partial charge in [-0.3, -0.25) is 19.2 Å². The molecule has 0 fully saturated rings. The van der Waals surface area contributed by atoms with E-state index in [0.717, 1.165) is 29.5 Å². The molecule has 3 N–H and O–H groups in total. The first-order valence-corrected chi connectivity index (χ1v) is 13.9. The van der Waals surface area contributed by atoms with Crippen LogP contribution in [0.2, 0.25) is 0 Å². The number of carbonyl (C=O) groups excluding carboxylic acids is 4. The SMILES string of the molecule is CCCC[C@H](NC(=O)[C@H](C)NC)C(=O)NCC(=O)N1C=CN(Cc2ccc(C)cc2)C(=O)[C@@H]1Cc1ccccc1. The number of rotatable bonds is 13. The van der Waals surface area contributed by atoms with Crippen molar-refractivity contribution in [2.45, 2.75) is 71.1 Å². The van der Waals surface area contributed by atoms with Gasteiger partial charge in [0, 0.05) is 18.8 Å². The first kappa shape index (κ1) is 30.6. The Kier molecular flexibility index (Phi) is 11.4. The van der Waals surface area contributed by atoms with E-state index in [9.17, 15) is 19.2 Å². The van der Waals surface area contributed by atoms with Gasteiger partial charge in [-0.25, -0.2) is 0 Å². The molecular weight excluding hydrogens is 506 g/mol. The number of carbonyl (C=O) groups is 4. The molecule has 0 bridgehead atoms. The van der Waals surface area contributed by atoms with E-state index in [0.29, 0.717) is 19.4 Å². The van der Waals surface area contributed by atoms with E-state index in [1.807, 2.05) is 68.4 Å².